The lowest BCUT2D eigenvalue weighted by Gasteiger charge is -2.44. The number of carbonyl (C=O) groups is 2. The number of pyridine rings is 1. The highest BCUT2D eigenvalue weighted by atomic mass is 19.3. The molecule has 12 heteroatoms. The molecule has 2 N–H and O–H groups in total. The summed E-state index contributed by atoms with van der Waals surface area (Å²) in [5.41, 5.74) is -0.232. The average Bonchev–Trinajstić information content (AvgIpc) is 3.18. The SMILES string of the molecule is CC(C)OC(=O)N1CCC=C(c2cc(NC(=O)c3c[nH]c(=O)cc3C(F)F)c(N3C[C@@H](C)N(C)[C@@H](C)C3)cc2F)CC1. The van der Waals surface area contributed by atoms with Crippen LogP contribution in [0.3, 0.4) is 0 Å². The first-order chi connectivity index (χ1) is 19.8. The molecule has 9 nitrogen and oxygen atoms in total. The Morgan fingerprint density at radius 3 is 2.43 bits per heavy atom. The Morgan fingerprint density at radius 2 is 1.79 bits per heavy atom. The lowest BCUT2D eigenvalue weighted by Crippen LogP contribution is -2.55. The number of alkyl halides is 2. The van der Waals surface area contributed by atoms with Crippen LogP contribution in [0.2, 0.25) is 0 Å². The number of halogens is 3. The number of nitrogens with zero attached hydrogens (tertiary/aromatic N) is 3. The topological polar surface area (TPSA) is 98.0 Å². The van der Waals surface area contributed by atoms with Crippen LogP contribution in [0.4, 0.5) is 29.3 Å². The molecule has 2 amide bonds. The van der Waals surface area contributed by atoms with Crippen LogP contribution in [0, 0.1) is 5.82 Å². The van der Waals surface area contributed by atoms with Crippen molar-refractivity contribution in [2.75, 3.05) is 43.4 Å². The fourth-order valence-electron chi connectivity index (χ4n) is 5.39. The van der Waals surface area contributed by atoms with Crippen LogP contribution in [0.25, 0.3) is 5.57 Å². The van der Waals surface area contributed by atoms with Crippen molar-refractivity contribution in [3.63, 3.8) is 0 Å². The number of piperazine rings is 1. The number of hydrogen-bond acceptors (Lipinski definition) is 6. The van der Waals surface area contributed by atoms with Gasteiger partial charge in [-0.2, -0.15) is 0 Å². The summed E-state index contributed by atoms with van der Waals surface area (Å²) in [7, 11) is 2.01. The molecule has 1 fully saturated rings. The third-order valence-corrected chi connectivity index (χ3v) is 7.85. The third-order valence-electron chi connectivity index (χ3n) is 7.85. The van der Waals surface area contributed by atoms with E-state index in [4.69, 9.17) is 4.74 Å². The van der Waals surface area contributed by atoms with Crippen LogP contribution in [0.15, 0.2) is 35.3 Å². The number of ether oxygens (including phenoxy) is 1. The number of aromatic nitrogens is 1. The number of hydrogen-bond donors (Lipinski definition) is 2. The number of benzene rings is 1. The molecule has 0 radical (unpaired) electrons. The lowest BCUT2D eigenvalue weighted by molar-refractivity contribution is 0.0783. The molecule has 1 saturated heterocycles. The number of amides is 2. The largest absolute Gasteiger partial charge is 0.447 e. The zero-order valence-corrected chi connectivity index (χ0v) is 24.5. The minimum atomic E-state index is -3.04. The van der Waals surface area contributed by atoms with Crippen molar-refractivity contribution >= 4 is 28.9 Å². The van der Waals surface area contributed by atoms with Gasteiger partial charge in [-0.3, -0.25) is 14.5 Å². The fraction of sp³-hybridized carbons (Fsp3) is 0.500. The fourth-order valence-corrected chi connectivity index (χ4v) is 5.39. The Hall–Kier alpha value is -3.80. The first kappa shape index (κ1) is 31.1. The van der Waals surface area contributed by atoms with Crippen LogP contribution in [-0.2, 0) is 4.74 Å². The Bertz CT molecular complexity index is 1400. The van der Waals surface area contributed by atoms with E-state index < -0.39 is 35.4 Å². The van der Waals surface area contributed by atoms with Gasteiger partial charge in [-0.15, -0.1) is 0 Å². The van der Waals surface area contributed by atoms with Gasteiger partial charge in [-0.05, 0) is 65.3 Å². The molecule has 4 rings (SSSR count). The molecule has 2 atom stereocenters. The molecule has 2 aromatic rings. The molecule has 0 saturated carbocycles. The number of carbonyl (C=O) groups excluding carboxylic acids is 2. The number of rotatable bonds is 6. The van der Waals surface area contributed by atoms with Crippen molar-refractivity contribution in [1.29, 1.82) is 0 Å². The summed E-state index contributed by atoms with van der Waals surface area (Å²) in [6.07, 6.45) is -0.0828. The number of likely N-dealkylation sites (N-methyl/N-ethyl adjacent to an activating group) is 1. The van der Waals surface area contributed by atoms with E-state index in [0.29, 0.717) is 56.3 Å². The normalized spacial score (nSPS) is 20.0. The van der Waals surface area contributed by atoms with Crippen molar-refractivity contribution in [3.05, 3.63) is 63.3 Å². The molecule has 2 aliphatic rings. The van der Waals surface area contributed by atoms with Crippen LogP contribution in [0.5, 0.6) is 0 Å². The summed E-state index contributed by atoms with van der Waals surface area (Å²) in [6.45, 7) is 9.48. The van der Waals surface area contributed by atoms with Crippen LogP contribution < -0.4 is 15.8 Å². The minimum Gasteiger partial charge on any atom is -0.447 e. The maximum atomic E-state index is 15.8. The molecular formula is C30H38F3N5O4. The van der Waals surface area contributed by atoms with Gasteiger partial charge in [0.25, 0.3) is 12.3 Å². The van der Waals surface area contributed by atoms with Crippen molar-refractivity contribution in [3.8, 4) is 0 Å². The predicted octanol–water partition coefficient (Wildman–Crippen LogP) is 5.26. The second kappa shape index (κ2) is 13.0. The molecule has 2 aliphatic heterocycles. The lowest BCUT2D eigenvalue weighted by atomic mass is 9.98. The molecule has 1 aromatic carbocycles. The highest BCUT2D eigenvalue weighted by Crippen LogP contribution is 2.36. The van der Waals surface area contributed by atoms with E-state index in [1.54, 1.807) is 18.7 Å². The highest BCUT2D eigenvalue weighted by molar-refractivity contribution is 6.07. The zero-order chi connectivity index (χ0) is 30.7. The maximum absolute atomic E-state index is 15.8. The number of H-pyrrole nitrogens is 1. The van der Waals surface area contributed by atoms with Crippen molar-refractivity contribution in [2.45, 2.75) is 65.1 Å². The van der Waals surface area contributed by atoms with Gasteiger partial charge in [-0.1, -0.05) is 6.08 Å². The van der Waals surface area contributed by atoms with E-state index in [-0.39, 0.29) is 35.0 Å². The molecule has 0 spiro atoms. The average molecular weight is 590 g/mol. The molecule has 3 heterocycles. The minimum absolute atomic E-state index is 0.130. The Kier molecular flexibility index (Phi) is 9.65. The van der Waals surface area contributed by atoms with E-state index in [1.807, 2.05) is 31.9 Å². The van der Waals surface area contributed by atoms with Gasteiger partial charge in [0.15, 0.2) is 0 Å². The summed E-state index contributed by atoms with van der Waals surface area (Å²) in [5.74, 6) is -1.35. The van der Waals surface area contributed by atoms with Gasteiger partial charge < -0.3 is 24.8 Å². The van der Waals surface area contributed by atoms with E-state index in [9.17, 15) is 23.2 Å². The van der Waals surface area contributed by atoms with Crippen molar-refractivity contribution in [2.24, 2.45) is 0 Å². The first-order valence-corrected chi connectivity index (χ1v) is 14.1. The van der Waals surface area contributed by atoms with Crippen LogP contribution >= 0.6 is 0 Å². The van der Waals surface area contributed by atoms with Crippen LogP contribution in [0.1, 0.15) is 68.4 Å². The summed E-state index contributed by atoms with van der Waals surface area (Å²) >= 11 is 0. The molecular weight excluding hydrogens is 551 g/mol. The van der Waals surface area contributed by atoms with Gasteiger partial charge in [0, 0.05) is 61.7 Å². The van der Waals surface area contributed by atoms with Gasteiger partial charge in [0.2, 0.25) is 5.56 Å². The second-order valence-electron chi connectivity index (χ2n) is 11.2. The van der Waals surface area contributed by atoms with Crippen molar-refractivity contribution in [1.82, 2.24) is 14.8 Å². The van der Waals surface area contributed by atoms with Crippen LogP contribution in [-0.4, -0.2) is 78.2 Å². The summed E-state index contributed by atoms with van der Waals surface area (Å²) in [5, 5.41) is 2.72. The predicted molar refractivity (Wildman–Crippen MR) is 156 cm³/mol. The monoisotopic (exact) mass is 589 g/mol. The molecule has 0 aliphatic carbocycles. The standard InChI is InChI=1S/C30H38F3N5O4/c1-17(2)42-30(41)37-9-6-7-20(8-10-37)21-11-25(35-29(40)23-14-34-27(39)12-22(23)28(32)33)26(13-24(21)31)38-15-18(3)36(5)19(4)16-38/h7,11-14,17-19,28H,6,8-10,15-16H2,1-5H3,(H,34,39)(H,35,40)/t18-,19+. The Labute approximate surface area is 243 Å². The second-order valence-corrected chi connectivity index (χ2v) is 11.2. The van der Waals surface area contributed by atoms with Crippen molar-refractivity contribution < 1.29 is 27.5 Å². The summed E-state index contributed by atoms with van der Waals surface area (Å²) in [6, 6.07) is 3.86. The zero-order valence-electron chi connectivity index (χ0n) is 24.5. The van der Waals surface area contributed by atoms with Gasteiger partial charge in [0.05, 0.1) is 23.0 Å². The maximum Gasteiger partial charge on any atom is 0.410 e. The van der Waals surface area contributed by atoms with Gasteiger partial charge in [-0.25, -0.2) is 18.0 Å². The van der Waals surface area contributed by atoms with Gasteiger partial charge in [0.1, 0.15) is 5.82 Å². The summed E-state index contributed by atoms with van der Waals surface area (Å²) in [4.78, 5) is 45.5. The van der Waals surface area contributed by atoms with E-state index in [0.717, 1.165) is 6.20 Å². The molecule has 1 aromatic heterocycles. The number of nitrogens with one attached hydrogen (secondary N) is 2. The molecule has 42 heavy (non-hydrogen) atoms. The number of aromatic amines is 1. The quantitative estimate of drug-likeness (QED) is 0.478. The summed E-state index contributed by atoms with van der Waals surface area (Å²) < 4.78 is 48.6. The Morgan fingerprint density at radius 1 is 1.10 bits per heavy atom. The Balaban J connectivity index is 1.71. The van der Waals surface area contributed by atoms with E-state index in [1.165, 1.54) is 12.1 Å². The van der Waals surface area contributed by atoms with E-state index in [2.05, 4.69) is 15.2 Å². The third kappa shape index (κ3) is 6.97. The number of anilines is 2. The molecule has 0 unspecified atom stereocenters. The van der Waals surface area contributed by atoms with Gasteiger partial charge >= 0.3 is 6.09 Å². The smallest absolute Gasteiger partial charge is 0.410 e. The molecule has 228 valence electrons. The molecule has 0 bridgehead atoms. The first-order valence-electron chi connectivity index (χ1n) is 14.1. The van der Waals surface area contributed by atoms with E-state index >= 15 is 4.39 Å². The highest BCUT2D eigenvalue weighted by Gasteiger charge is 2.30.